The molecule has 6 nitrogen and oxygen atoms in total. The van der Waals surface area contributed by atoms with Gasteiger partial charge in [0, 0.05) is 24.3 Å². The standard InChI is InChI=1S/C24H28ClF3N2O4S/c1-23(2,3)34-22(31)30-10-4-5-15(13-30)14-35(32,33)18-8-6-16(7-9-18)21-19(24(26,27)28)11-17(29)12-20(21)25/h6-9,11-12,15H,4-5,10,13-14,29H2,1-3H3. The lowest BCUT2D eigenvalue weighted by molar-refractivity contribution is -0.137. The minimum atomic E-state index is -4.69. The Morgan fingerprint density at radius 2 is 1.80 bits per heavy atom. The van der Waals surface area contributed by atoms with E-state index in [1.165, 1.54) is 35.2 Å². The number of sulfone groups is 1. The van der Waals surface area contributed by atoms with Crippen molar-refractivity contribution in [2.75, 3.05) is 24.6 Å². The van der Waals surface area contributed by atoms with Gasteiger partial charge in [-0.25, -0.2) is 13.2 Å². The summed E-state index contributed by atoms with van der Waals surface area (Å²) in [5.74, 6) is -0.480. The molecule has 2 N–H and O–H groups in total. The second kappa shape index (κ2) is 9.89. The van der Waals surface area contributed by atoms with E-state index in [1.807, 2.05) is 0 Å². The molecular formula is C24H28ClF3N2O4S. The van der Waals surface area contributed by atoms with E-state index in [4.69, 9.17) is 22.1 Å². The number of benzene rings is 2. The molecule has 192 valence electrons. The van der Waals surface area contributed by atoms with Gasteiger partial charge >= 0.3 is 12.3 Å². The van der Waals surface area contributed by atoms with Crippen LogP contribution in [0.1, 0.15) is 39.2 Å². The first-order valence-electron chi connectivity index (χ1n) is 11.0. The molecule has 1 aliphatic rings. The monoisotopic (exact) mass is 532 g/mol. The van der Waals surface area contributed by atoms with Crippen molar-refractivity contribution >= 4 is 33.2 Å². The number of amides is 1. The Kier molecular flexibility index (Phi) is 7.67. The molecule has 1 saturated heterocycles. The number of nitrogens with two attached hydrogens (primary N) is 1. The third-order valence-corrected chi connectivity index (χ3v) is 7.74. The number of anilines is 1. The number of likely N-dealkylation sites (tertiary alicyclic amines) is 1. The maximum Gasteiger partial charge on any atom is 0.417 e. The average molecular weight is 533 g/mol. The summed E-state index contributed by atoms with van der Waals surface area (Å²) in [5, 5.41) is -0.183. The number of rotatable bonds is 4. The van der Waals surface area contributed by atoms with Gasteiger partial charge in [0.2, 0.25) is 0 Å². The number of ether oxygens (including phenoxy) is 1. The Bertz CT molecular complexity index is 1190. The first-order valence-corrected chi connectivity index (χ1v) is 13.1. The van der Waals surface area contributed by atoms with Crippen LogP contribution in [-0.4, -0.2) is 43.9 Å². The summed E-state index contributed by atoms with van der Waals surface area (Å²) in [7, 11) is -3.75. The van der Waals surface area contributed by atoms with Crippen molar-refractivity contribution in [1.82, 2.24) is 4.90 Å². The highest BCUT2D eigenvalue weighted by molar-refractivity contribution is 7.91. The van der Waals surface area contributed by atoms with Gasteiger partial charge < -0.3 is 15.4 Å². The summed E-state index contributed by atoms with van der Waals surface area (Å²) in [6.07, 6.45) is -3.90. The molecule has 1 aliphatic heterocycles. The summed E-state index contributed by atoms with van der Waals surface area (Å²) in [4.78, 5) is 13.9. The van der Waals surface area contributed by atoms with Gasteiger partial charge in [-0.3, -0.25) is 0 Å². The Balaban J connectivity index is 1.80. The molecule has 11 heteroatoms. The highest BCUT2D eigenvalue weighted by Gasteiger charge is 2.35. The van der Waals surface area contributed by atoms with Crippen LogP contribution in [0.3, 0.4) is 0 Å². The molecule has 0 aromatic heterocycles. The fourth-order valence-corrected chi connectivity index (χ4v) is 6.05. The minimum Gasteiger partial charge on any atom is -0.444 e. The van der Waals surface area contributed by atoms with Gasteiger partial charge in [-0.15, -0.1) is 0 Å². The third kappa shape index (κ3) is 6.82. The Hall–Kier alpha value is -2.46. The zero-order valence-electron chi connectivity index (χ0n) is 19.7. The van der Waals surface area contributed by atoms with Crippen LogP contribution in [0.5, 0.6) is 0 Å². The normalized spacial score (nSPS) is 17.3. The van der Waals surface area contributed by atoms with E-state index in [1.54, 1.807) is 20.8 Å². The minimum absolute atomic E-state index is 0.0178. The van der Waals surface area contributed by atoms with Crippen molar-refractivity contribution in [1.29, 1.82) is 0 Å². The molecule has 1 heterocycles. The number of hydrogen-bond donors (Lipinski definition) is 1. The molecule has 1 unspecified atom stereocenters. The van der Waals surface area contributed by atoms with Gasteiger partial charge in [0.15, 0.2) is 9.84 Å². The number of nitrogens with zero attached hydrogens (tertiary/aromatic N) is 1. The lowest BCUT2D eigenvalue weighted by Crippen LogP contribution is -2.44. The van der Waals surface area contributed by atoms with Crippen LogP contribution in [0.15, 0.2) is 41.3 Å². The number of carbonyl (C=O) groups is 1. The van der Waals surface area contributed by atoms with E-state index in [0.29, 0.717) is 19.4 Å². The van der Waals surface area contributed by atoms with Gasteiger partial charge in [-0.1, -0.05) is 23.7 Å². The van der Waals surface area contributed by atoms with Crippen LogP contribution in [0, 0.1) is 5.92 Å². The molecule has 35 heavy (non-hydrogen) atoms. The molecule has 1 amide bonds. The van der Waals surface area contributed by atoms with E-state index in [2.05, 4.69) is 0 Å². The fourth-order valence-electron chi connectivity index (χ4n) is 4.07. The topological polar surface area (TPSA) is 89.7 Å². The maximum absolute atomic E-state index is 13.6. The van der Waals surface area contributed by atoms with Crippen LogP contribution >= 0.6 is 11.6 Å². The van der Waals surface area contributed by atoms with Crippen molar-refractivity contribution < 1.29 is 31.1 Å². The Labute approximate surface area is 208 Å². The van der Waals surface area contributed by atoms with Crippen molar-refractivity contribution in [3.8, 4) is 11.1 Å². The van der Waals surface area contributed by atoms with Crippen LogP contribution in [0.25, 0.3) is 11.1 Å². The molecule has 2 aromatic rings. The van der Waals surface area contributed by atoms with Gasteiger partial charge in [0.25, 0.3) is 0 Å². The quantitative estimate of drug-likeness (QED) is 0.486. The molecular weight excluding hydrogens is 505 g/mol. The predicted octanol–water partition coefficient (Wildman–Crippen LogP) is 6.03. The summed E-state index contributed by atoms with van der Waals surface area (Å²) >= 11 is 6.07. The van der Waals surface area contributed by atoms with Crippen LogP contribution in [0.4, 0.5) is 23.7 Å². The summed E-state index contributed by atoms with van der Waals surface area (Å²) in [6, 6.07) is 7.15. The van der Waals surface area contributed by atoms with Crippen LogP contribution in [-0.2, 0) is 20.8 Å². The first-order chi connectivity index (χ1) is 16.1. The van der Waals surface area contributed by atoms with E-state index in [-0.39, 0.29) is 44.9 Å². The number of carbonyl (C=O) groups excluding carboxylic acids is 1. The molecule has 0 saturated carbocycles. The Morgan fingerprint density at radius 1 is 1.17 bits per heavy atom. The molecule has 0 aliphatic carbocycles. The molecule has 0 bridgehead atoms. The van der Waals surface area contributed by atoms with E-state index in [9.17, 15) is 26.4 Å². The lowest BCUT2D eigenvalue weighted by Gasteiger charge is -2.34. The SMILES string of the molecule is CC(C)(C)OC(=O)N1CCCC(CS(=O)(=O)c2ccc(-c3c(Cl)cc(N)cc3C(F)(F)F)cc2)C1. The smallest absolute Gasteiger partial charge is 0.417 e. The second-order valence-corrected chi connectivity index (χ2v) is 12.1. The summed E-state index contributed by atoms with van der Waals surface area (Å²) in [5.41, 5.74) is 3.61. The fraction of sp³-hybridized carbons (Fsp3) is 0.458. The predicted molar refractivity (Wildman–Crippen MR) is 129 cm³/mol. The van der Waals surface area contributed by atoms with Gasteiger partial charge in [-0.2, -0.15) is 13.2 Å². The highest BCUT2D eigenvalue weighted by atomic mass is 35.5. The number of nitrogen functional groups attached to an aromatic ring is 1. The Morgan fingerprint density at radius 3 is 2.37 bits per heavy atom. The second-order valence-electron chi connectivity index (χ2n) is 9.66. The number of alkyl halides is 3. The van der Waals surface area contributed by atoms with Crippen molar-refractivity contribution in [2.45, 2.75) is 50.3 Å². The zero-order chi connectivity index (χ0) is 26.2. The lowest BCUT2D eigenvalue weighted by atomic mass is 9.98. The van der Waals surface area contributed by atoms with Crippen molar-refractivity contribution in [3.05, 3.63) is 47.0 Å². The summed E-state index contributed by atoms with van der Waals surface area (Å²) < 4.78 is 72.1. The highest BCUT2D eigenvalue weighted by Crippen LogP contribution is 2.42. The zero-order valence-corrected chi connectivity index (χ0v) is 21.2. The van der Waals surface area contributed by atoms with Crippen molar-refractivity contribution in [3.63, 3.8) is 0 Å². The van der Waals surface area contributed by atoms with E-state index < -0.39 is 33.3 Å². The van der Waals surface area contributed by atoms with Crippen LogP contribution < -0.4 is 5.73 Å². The molecule has 1 atom stereocenters. The third-order valence-electron chi connectivity index (χ3n) is 5.55. The van der Waals surface area contributed by atoms with E-state index >= 15 is 0 Å². The van der Waals surface area contributed by atoms with Gasteiger partial charge in [0.05, 0.1) is 21.2 Å². The van der Waals surface area contributed by atoms with Gasteiger partial charge in [0.1, 0.15) is 5.60 Å². The van der Waals surface area contributed by atoms with Crippen LogP contribution in [0.2, 0.25) is 5.02 Å². The number of piperidine rings is 1. The number of hydrogen-bond acceptors (Lipinski definition) is 5. The molecule has 0 spiro atoms. The summed E-state index contributed by atoms with van der Waals surface area (Å²) in [6.45, 7) is 6.02. The van der Waals surface area contributed by atoms with Gasteiger partial charge in [-0.05, 0) is 69.4 Å². The molecule has 0 radical (unpaired) electrons. The van der Waals surface area contributed by atoms with E-state index in [0.717, 1.165) is 6.07 Å². The van der Waals surface area contributed by atoms with Crippen molar-refractivity contribution in [2.24, 2.45) is 5.92 Å². The number of halogens is 4. The average Bonchev–Trinajstić information content (AvgIpc) is 2.71. The largest absolute Gasteiger partial charge is 0.444 e. The molecule has 2 aromatic carbocycles. The molecule has 1 fully saturated rings. The maximum atomic E-state index is 13.6. The molecule has 3 rings (SSSR count). The first kappa shape index (κ1) is 27.1.